The van der Waals surface area contributed by atoms with E-state index in [1.807, 2.05) is 36.1 Å². The summed E-state index contributed by atoms with van der Waals surface area (Å²) in [7, 11) is 1.95. The minimum absolute atomic E-state index is 0.0996. The molecule has 0 aliphatic heterocycles. The zero-order valence-corrected chi connectivity index (χ0v) is 15.1. The van der Waals surface area contributed by atoms with Gasteiger partial charge in [-0.3, -0.25) is 4.79 Å². The minimum atomic E-state index is -0.170. The average molecular weight is 351 g/mol. The van der Waals surface area contributed by atoms with E-state index in [2.05, 4.69) is 15.5 Å². The Morgan fingerprint density at radius 2 is 2.17 bits per heavy atom. The third kappa shape index (κ3) is 3.95. The van der Waals surface area contributed by atoms with Gasteiger partial charge in [0.25, 0.3) is 0 Å². The maximum atomic E-state index is 12.4. The Balaban J connectivity index is 1.61. The molecule has 0 bridgehead atoms. The van der Waals surface area contributed by atoms with Crippen molar-refractivity contribution in [1.29, 1.82) is 0 Å². The molecule has 1 saturated carbocycles. The van der Waals surface area contributed by atoms with Gasteiger partial charge >= 0.3 is 0 Å². The third-order valence-electron chi connectivity index (χ3n) is 4.18. The van der Waals surface area contributed by atoms with E-state index in [9.17, 15) is 4.79 Å². The average Bonchev–Trinajstić information content (AvgIpc) is 3.19. The lowest BCUT2D eigenvalue weighted by atomic mass is 9.95. The Morgan fingerprint density at radius 3 is 2.87 bits per heavy atom. The molecule has 0 unspecified atom stereocenters. The highest BCUT2D eigenvalue weighted by Crippen LogP contribution is 2.28. The standard InChI is InChI=1S/C16H22N4OS2/c1-11(15(21)17-12-7-4-3-5-8-12)23-16-19-18-14(20(16)2)13-9-6-10-22-13/h6,9-12H,3-5,7-8H2,1-2H3,(H,17,21)/t11-/m0/s1. The van der Waals surface area contributed by atoms with Gasteiger partial charge in [-0.2, -0.15) is 0 Å². The summed E-state index contributed by atoms with van der Waals surface area (Å²) >= 11 is 3.11. The summed E-state index contributed by atoms with van der Waals surface area (Å²) in [6.07, 6.45) is 5.95. The van der Waals surface area contributed by atoms with Crippen LogP contribution < -0.4 is 5.32 Å². The first-order valence-electron chi connectivity index (χ1n) is 8.05. The number of hydrogen-bond donors (Lipinski definition) is 1. The van der Waals surface area contributed by atoms with Gasteiger partial charge in [0.05, 0.1) is 10.1 Å². The summed E-state index contributed by atoms with van der Waals surface area (Å²) < 4.78 is 1.96. The number of nitrogens with zero attached hydrogens (tertiary/aromatic N) is 3. The first kappa shape index (κ1) is 16.5. The highest BCUT2D eigenvalue weighted by atomic mass is 32.2. The monoisotopic (exact) mass is 350 g/mol. The van der Waals surface area contributed by atoms with Gasteiger partial charge in [0.1, 0.15) is 0 Å². The van der Waals surface area contributed by atoms with Gasteiger partial charge in [0, 0.05) is 13.1 Å². The van der Waals surface area contributed by atoms with Crippen molar-refractivity contribution in [2.45, 2.75) is 55.5 Å². The lowest BCUT2D eigenvalue weighted by Gasteiger charge is -2.24. The molecule has 0 saturated heterocycles. The third-order valence-corrected chi connectivity index (χ3v) is 6.18. The molecule has 1 aliphatic carbocycles. The molecule has 2 aromatic heterocycles. The molecule has 1 amide bonds. The van der Waals surface area contributed by atoms with Crippen LogP contribution >= 0.6 is 23.1 Å². The van der Waals surface area contributed by atoms with Crippen molar-refractivity contribution in [2.24, 2.45) is 7.05 Å². The number of carbonyl (C=O) groups excluding carboxylic acids is 1. The summed E-state index contributed by atoms with van der Waals surface area (Å²) in [5, 5.41) is 14.3. The molecule has 1 aliphatic rings. The van der Waals surface area contributed by atoms with Crippen LogP contribution in [0.3, 0.4) is 0 Å². The molecule has 1 atom stereocenters. The van der Waals surface area contributed by atoms with Crippen molar-refractivity contribution in [3.05, 3.63) is 17.5 Å². The van der Waals surface area contributed by atoms with Crippen LogP contribution in [-0.4, -0.2) is 32.0 Å². The largest absolute Gasteiger partial charge is 0.352 e. The molecule has 124 valence electrons. The molecule has 0 aromatic carbocycles. The van der Waals surface area contributed by atoms with Gasteiger partial charge in [0.15, 0.2) is 11.0 Å². The Labute approximate surface area is 144 Å². The van der Waals surface area contributed by atoms with E-state index >= 15 is 0 Å². The van der Waals surface area contributed by atoms with Gasteiger partial charge in [0.2, 0.25) is 5.91 Å². The second-order valence-electron chi connectivity index (χ2n) is 5.95. The van der Waals surface area contributed by atoms with Gasteiger partial charge in [-0.25, -0.2) is 0 Å². The molecule has 0 spiro atoms. The molecule has 1 fully saturated rings. The summed E-state index contributed by atoms with van der Waals surface area (Å²) in [6.45, 7) is 1.93. The maximum absolute atomic E-state index is 12.4. The molecule has 7 heteroatoms. The molecule has 2 heterocycles. The lowest BCUT2D eigenvalue weighted by molar-refractivity contribution is -0.121. The predicted molar refractivity (Wildman–Crippen MR) is 94.7 cm³/mol. The molecule has 1 N–H and O–H groups in total. The highest BCUT2D eigenvalue weighted by molar-refractivity contribution is 8.00. The van der Waals surface area contributed by atoms with E-state index in [1.54, 1.807) is 11.3 Å². The fourth-order valence-electron chi connectivity index (χ4n) is 2.81. The number of rotatable bonds is 5. The van der Waals surface area contributed by atoms with Crippen molar-refractivity contribution >= 4 is 29.0 Å². The summed E-state index contributed by atoms with van der Waals surface area (Å²) in [4.78, 5) is 13.5. The first-order valence-corrected chi connectivity index (χ1v) is 9.81. The topological polar surface area (TPSA) is 59.8 Å². The lowest BCUT2D eigenvalue weighted by Crippen LogP contribution is -2.40. The van der Waals surface area contributed by atoms with E-state index < -0.39 is 0 Å². The number of aromatic nitrogens is 3. The Morgan fingerprint density at radius 1 is 1.39 bits per heavy atom. The molecule has 2 aromatic rings. The zero-order valence-electron chi connectivity index (χ0n) is 13.5. The maximum Gasteiger partial charge on any atom is 0.233 e. The fraction of sp³-hybridized carbons (Fsp3) is 0.562. The van der Waals surface area contributed by atoms with Crippen LogP contribution in [-0.2, 0) is 11.8 Å². The van der Waals surface area contributed by atoms with E-state index in [-0.39, 0.29) is 11.2 Å². The molecular weight excluding hydrogens is 328 g/mol. The van der Waals surface area contributed by atoms with Crippen molar-refractivity contribution < 1.29 is 4.79 Å². The van der Waals surface area contributed by atoms with Gasteiger partial charge in [-0.15, -0.1) is 21.5 Å². The Bertz CT molecular complexity index is 647. The zero-order chi connectivity index (χ0) is 16.2. The van der Waals surface area contributed by atoms with E-state index in [0.717, 1.165) is 28.7 Å². The first-order chi connectivity index (χ1) is 11.1. The summed E-state index contributed by atoms with van der Waals surface area (Å²) in [5.41, 5.74) is 0. The number of thiophene rings is 1. The fourth-order valence-corrected chi connectivity index (χ4v) is 4.38. The van der Waals surface area contributed by atoms with Crippen LogP contribution in [0, 0.1) is 0 Å². The van der Waals surface area contributed by atoms with Gasteiger partial charge in [-0.05, 0) is 31.2 Å². The normalized spacial score (nSPS) is 17.1. The predicted octanol–water partition coefficient (Wildman–Crippen LogP) is 3.47. The minimum Gasteiger partial charge on any atom is -0.352 e. The van der Waals surface area contributed by atoms with Crippen molar-refractivity contribution in [3.8, 4) is 10.7 Å². The van der Waals surface area contributed by atoms with Crippen LogP contribution in [0.15, 0.2) is 22.7 Å². The van der Waals surface area contributed by atoms with Crippen molar-refractivity contribution in [1.82, 2.24) is 20.1 Å². The number of hydrogen-bond acceptors (Lipinski definition) is 5. The molecule has 0 radical (unpaired) electrons. The van der Waals surface area contributed by atoms with Gasteiger partial charge < -0.3 is 9.88 Å². The number of amides is 1. The smallest absolute Gasteiger partial charge is 0.233 e. The van der Waals surface area contributed by atoms with E-state index in [0.29, 0.717) is 6.04 Å². The van der Waals surface area contributed by atoms with Crippen LogP contribution in [0.5, 0.6) is 0 Å². The summed E-state index contributed by atoms with van der Waals surface area (Å²) in [5.74, 6) is 0.949. The van der Waals surface area contributed by atoms with Crippen LogP contribution in [0.2, 0.25) is 0 Å². The second kappa shape index (κ2) is 7.49. The van der Waals surface area contributed by atoms with Crippen molar-refractivity contribution in [2.75, 3.05) is 0 Å². The van der Waals surface area contributed by atoms with E-state index in [1.165, 1.54) is 31.0 Å². The van der Waals surface area contributed by atoms with E-state index in [4.69, 9.17) is 0 Å². The molecule has 5 nitrogen and oxygen atoms in total. The van der Waals surface area contributed by atoms with Crippen LogP contribution in [0.25, 0.3) is 10.7 Å². The molecule has 23 heavy (non-hydrogen) atoms. The SMILES string of the molecule is C[C@H](Sc1nnc(-c2cccs2)n1C)C(=O)NC1CCCCC1. The van der Waals surface area contributed by atoms with Crippen LogP contribution in [0.4, 0.5) is 0 Å². The Hall–Kier alpha value is -1.34. The quantitative estimate of drug-likeness (QED) is 0.839. The molecular formula is C16H22N4OS2. The Kier molecular flexibility index (Phi) is 5.38. The molecule has 3 rings (SSSR count). The van der Waals surface area contributed by atoms with Gasteiger partial charge in [-0.1, -0.05) is 37.1 Å². The summed E-state index contributed by atoms with van der Waals surface area (Å²) in [6, 6.07) is 4.38. The van der Waals surface area contributed by atoms with Crippen LogP contribution in [0.1, 0.15) is 39.0 Å². The highest BCUT2D eigenvalue weighted by Gasteiger charge is 2.22. The second-order valence-corrected chi connectivity index (χ2v) is 8.20. The number of nitrogens with one attached hydrogen (secondary N) is 1. The van der Waals surface area contributed by atoms with Crippen molar-refractivity contribution in [3.63, 3.8) is 0 Å². The number of carbonyl (C=O) groups is 1. The number of thioether (sulfide) groups is 1.